The molecule has 0 fully saturated rings. The van der Waals surface area contributed by atoms with Crippen molar-refractivity contribution in [1.29, 1.82) is 0 Å². The highest BCUT2D eigenvalue weighted by molar-refractivity contribution is 8.04. The average Bonchev–Trinajstić information content (AvgIpc) is 3.00. The summed E-state index contributed by atoms with van der Waals surface area (Å²) in [5.41, 5.74) is -0.374. The van der Waals surface area contributed by atoms with E-state index in [0.29, 0.717) is 5.75 Å². The van der Waals surface area contributed by atoms with Crippen molar-refractivity contribution in [3.8, 4) is 0 Å². The first kappa shape index (κ1) is 17.0. The second-order valence-electron chi connectivity index (χ2n) is 4.33. The van der Waals surface area contributed by atoms with Gasteiger partial charge in [0.15, 0.2) is 5.76 Å². The Balaban J connectivity index is 2.10. The quantitative estimate of drug-likeness (QED) is 0.586. The number of ether oxygens (including phenoxy) is 2. The van der Waals surface area contributed by atoms with Crippen LogP contribution in [0.25, 0.3) is 0 Å². The van der Waals surface area contributed by atoms with Gasteiger partial charge in [-0.1, -0.05) is 5.16 Å². The molecule has 0 aliphatic heterocycles. The number of allylic oxidation sites excluding steroid dienone is 1. The highest BCUT2D eigenvalue weighted by Crippen LogP contribution is 2.35. The summed E-state index contributed by atoms with van der Waals surface area (Å²) in [5, 5.41) is 15.9. The maximum Gasteiger partial charge on any atom is 0.406 e. The minimum absolute atomic E-state index is 0.0903. The molecule has 0 spiro atoms. The molecular weight excluding hydrogens is 328 g/mol. The zero-order valence-corrected chi connectivity index (χ0v) is 13.1. The number of hydrogen-bond acceptors (Lipinski definition) is 9. The number of Topliss-reactive ketones (excluding diaryl/α,β-unsaturated/α-hetero) is 1. The molecule has 23 heavy (non-hydrogen) atoms. The third kappa shape index (κ3) is 3.54. The number of carbonyl (C=O) groups is 3. The highest BCUT2D eigenvalue weighted by Gasteiger charge is 2.36. The van der Waals surface area contributed by atoms with Gasteiger partial charge in [0, 0.05) is 12.3 Å². The lowest BCUT2D eigenvalue weighted by atomic mass is 9.99. The molecule has 2 N–H and O–H groups in total. The Morgan fingerprint density at radius 3 is 2.83 bits per heavy atom. The standard InChI is InChI=1S/C13H14N2O7S/c1-20-12(18)9-8-10(17)7(5-6(16)11(8)22-15-9)23-4-3-14-13(19)21-2/h5-6,16H,3-4H2,1-2H3,(H,14,19). The van der Waals surface area contributed by atoms with E-state index >= 15 is 0 Å². The Bertz CT molecular complexity index is 667. The van der Waals surface area contributed by atoms with Gasteiger partial charge in [-0.25, -0.2) is 9.59 Å². The summed E-state index contributed by atoms with van der Waals surface area (Å²) >= 11 is 1.12. The van der Waals surface area contributed by atoms with E-state index in [1.54, 1.807) is 0 Å². The maximum atomic E-state index is 12.4. The Kier molecular flexibility index (Phi) is 5.40. The molecule has 0 saturated carbocycles. The average molecular weight is 342 g/mol. The van der Waals surface area contributed by atoms with Gasteiger partial charge in [0.1, 0.15) is 11.7 Å². The van der Waals surface area contributed by atoms with Crippen LogP contribution in [-0.2, 0) is 9.47 Å². The number of alkyl carbamates (subject to hydrolysis) is 1. The molecule has 1 aromatic heterocycles. The third-order valence-electron chi connectivity index (χ3n) is 2.94. The molecule has 0 bridgehead atoms. The van der Waals surface area contributed by atoms with Gasteiger partial charge in [-0.3, -0.25) is 4.79 Å². The van der Waals surface area contributed by atoms with E-state index in [9.17, 15) is 19.5 Å². The van der Waals surface area contributed by atoms with E-state index in [1.807, 2.05) is 0 Å². The Labute approximate surface area is 135 Å². The lowest BCUT2D eigenvalue weighted by molar-refractivity contribution is 0.0586. The van der Waals surface area contributed by atoms with Crippen molar-refractivity contribution in [2.75, 3.05) is 26.5 Å². The second kappa shape index (κ2) is 7.29. The smallest absolute Gasteiger partial charge is 0.406 e. The van der Waals surface area contributed by atoms with Crippen LogP contribution in [0.3, 0.4) is 0 Å². The molecule has 1 unspecified atom stereocenters. The summed E-state index contributed by atoms with van der Waals surface area (Å²) in [5.74, 6) is -1.04. The number of carbonyl (C=O) groups excluding carboxylic acids is 3. The fraction of sp³-hybridized carbons (Fsp3) is 0.385. The molecule has 0 radical (unpaired) electrons. The maximum absolute atomic E-state index is 12.4. The van der Waals surface area contributed by atoms with E-state index in [1.165, 1.54) is 13.2 Å². The van der Waals surface area contributed by atoms with Crippen LogP contribution in [0.15, 0.2) is 15.5 Å². The van der Waals surface area contributed by atoms with Gasteiger partial charge in [-0.05, 0) is 6.08 Å². The van der Waals surface area contributed by atoms with Crippen molar-refractivity contribution in [2.24, 2.45) is 0 Å². The number of esters is 1. The van der Waals surface area contributed by atoms with E-state index in [2.05, 4.69) is 19.9 Å². The van der Waals surface area contributed by atoms with Gasteiger partial charge in [-0.2, -0.15) is 0 Å². The molecule has 1 aromatic rings. The first-order chi connectivity index (χ1) is 11.0. The normalized spacial score (nSPS) is 16.4. The summed E-state index contributed by atoms with van der Waals surface area (Å²) in [6.07, 6.45) is -0.465. The predicted molar refractivity (Wildman–Crippen MR) is 78.1 cm³/mol. The van der Waals surface area contributed by atoms with E-state index in [-0.39, 0.29) is 28.5 Å². The summed E-state index contributed by atoms with van der Waals surface area (Å²) < 4.78 is 13.8. The molecule has 124 valence electrons. The largest absolute Gasteiger partial charge is 0.464 e. The number of aromatic nitrogens is 1. The number of aliphatic hydroxyl groups is 1. The minimum Gasteiger partial charge on any atom is -0.464 e. The number of aliphatic hydroxyl groups excluding tert-OH is 1. The van der Waals surface area contributed by atoms with Crippen LogP contribution in [0.1, 0.15) is 32.7 Å². The molecule has 1 atom stereocenters. The molecule has 0 aromatic carbocycles. The Morgan fingerprint density at radius 1 is 1.43 bits per heavy atom. The summed E-state index contributed by atoms with van der Waals surface area (Å²) in [4.78, 5) is 35.2. The number of methoxy groups -OCH3 is 2. The molecule has 1 aliphatic carbocycles. The zero-order chi connectivity index (χ0) is 17.0. The summed E-state index contributed by atoms with van der Waals surface area (Å²) in [6.45, 7) is 0.262. The number of nitrogens with one attached hydrogen (secondary N) is 1. The van der Waals surface area contributed by atoms with Crippen LogP contribution in [0, 0.1) is 0 Å². The minimum atomic E-state index is -1.19. The van der Waals surface area contributed by atoms with Crippen molar-refractivity contribution >= 4 is 29.6 Å². The topological polar surface area (TPSA) is 128 Å². The van der Waals surface area contributed by atoms with Crippen LogP contribution in [0.4, 0.5) is 4.79 Å². The van der Waals surface area contributed by atoms with Gasteiger partial charge >= 0.3 is 12.1 Å². The summed E-state index contributed by atoms with van der Waals surface area (Å²) in [7, 11) is 2.39. The van der Waals surface area contributed by atoms with Crippen molar-refractivity contribution < 1.29 is 33.5 Å². The first-order valence-corrected chi connectivity index (χ1v) is 7.45. The molecule has 1 heterocycles. The van der Waals surface area contributed by atoms with E-state index in [0.717, 1.165) is 18.9 Å². The SMILES string of the molecule is COC(=O)NCCSC1=CC(O)c2onc(C(=O)OC)c2C1=O. The molecular formula is C13H14N2O7S. The summed E-state index contributed by atoms with van der Waals surface area (Å²) in [6, 6.07) is 0. The van der Waals surface area contributed by atoms with Crippen LogP contribution in [-0.4, -0.2) is 54.6 Å². The van der Waals surface area contributed by atoms with Crippen LogP contribution >= 0.6 is 11.8 Å². The molecule has 0 saturated heterocycles. The van der Waals surface area contributed by atoms with Crippen molar-refractivity contribution in [3.05, 3.63) is 28.0 Å². The van der Waals surface area contributed by atoms with Gasteiger partial charge < -0.3 is 24.4 Å². The van der Waals surface area contributed by atoms with E-state index in [4.69, 9.17) is 4.52 Å². The Morgan fingerprint density at radius 2 is 2.17 bits per heavy atom. The zero-order valence-electron chi connectivity index (χ0n) is 12.3. The number of nitrogens with zero attached hydrogens (tertiary/aromatic N) is 1. The number of rotatable bonds is 5. The Hall–Kier alpha value is -2.33. The molecule has 1 amide bonds. The molecule has 9 nitrogen and oxygen atoms in total. The van der Waals surface area contributed by atoms with Crippen LogP contribution in [0.2, 0.25) is 0 Å². The molecule has 10 heteroatoms. The number of hydrogen-bond donors (Lipinski definition) is 2. The molecule has 2 rings (SSSR count). The van der Waals surface area contributed by atoms with Gasteiger partial charge in [0.05, 0.1) is 19.1 Å². The fourth-order valence-electron chi connectivity index (χ4n) is 1.88. The number of amides is 1. The lowest BCUT2D eigenvalue weighted by Gasteiger charge is -2.15. The lowest BCUT2D eigenvalue weighted by Crippen LogP contribution is -2.25. The van der Waals surface area contributed by atoms with Crippen molar-refractivity contribution in [2.45, 2.75) is 6.10 Å². The van der Waals surface area contributed by atoms with E-state index < -0.39 is 23.9 Å². The van der Waals surface area contributed by atoms with Crippen molar-refractivity contribution in [1.82, 2.24) is 10.5 Å². The van der Waals surface area contributed by atoms with Gasteiger partial charge in [0.25, 0.3) is 0 Å². The van der Waals surface area contributed by atoms with Gasteiger partial charge in [0.2, 0.25) is 11.5 Å². The van der Waals surface area contributed by atoms with Crippen LogP contribution in [0.5, 0.6) is 0 Å². The third-order valence-corrected chi connectivity index (χ3v) is 3.98. The first-order valence-electron chi connectivity index (χ1n) is 6.46. The number of thioether (sulfide) groups is 1. The second-order valence-corrected chi connectivity index (χ2v) is 5.47. The predicted octanol–water partition coefficient (Wildman–Crippen LogP) is 0.664. The molecule has 1 aliphatic rings. The fourth-order valence-corrected chi connectivity index (χ4v) is 2.76. The highest BCUT2D eigenvalue weighted by atomic mass is 32.2. The van der Waals surface area contributed by atoms with Crippen LogP contribution < -0.4 is 5.32 Å². The number of ketones is 1. The monoisotopic (exact) mass is 342 g/mol. The van der Waals surface area contributed by atoms with Crippen molar-refractivity contribution in [3.63, 3.8) is 0 Å². The van der Waals surface area contributed by atoms with Gasteiger partial charge in [-0.15, -0.1) is 11.8 Å². The number of fused-ring (bicyclic) bond motifs is 1.